The van der Waals surface area contributed by atoms with Crippen LogP contribution in [0.2, 0.25) is 0 Å². The Morgan fingerprint density at radius 1 is 0.923 bits per heavy atom. The average Bonchev–Trinajstić information content (AvgIpc) is 3.26. The number of benzene rings is 3. The first kappa shape index (κ1) is 14.8. The van der Waals surface area contributed by atoms with Crippen molar-refractivity contribution in [1.82, 2.24) is 4.98 Å². The predicted octanol–water partition coefficient (Wildman–Crippen LogP) is 5.52. The van der Waals surface area contributed by atoms with Crippen LogP contribution in [0.25, 0.3) is 44.0 Å². The van der Waals surface area contributed by atoms with E-state index in [-0.39, 0.29) is 0 Å². The van der Waals surface area contributed by atoms with Crippen LogP contribution in [-0.2, 0) is 4.74 Å². The normalized spacial score (nSPS) is 11.4. The molecule has 0 fully saturated rings. The van der Waals surface area contributed by atoms with Crippen LogP contribution in [0.5, 0.6) is 0 Å². The van der Waals surface area contributed by atoms with Crippen LogP contribution in [0.15, 0.2) is 71.1 Å². The second-order valence-electron chi connectivity index (χ2n) is 6.20. The van der Waals surface area contributed by atoms with Crippen LogP contribution in [0.4, 0.5) is 0 Å². The molecule has 0 aliphatic heterocycles. The number of aromatic amines is 1. The van der Waals surface area contributed by atoms with Gasteiger partial charge in [-0.15, -0.1) is 0 Å². The number of furan rings is 1. The third-order valence-electron chi connectivity index (χ3n) is 4.76. The molecule has 0 radical (unpaired) electrons. The summed E-state index contributed by atoms with van der Waals surface area (Å²) in [6.45, 7) is 0. The SMILES string of the molecule is COC(=O)c1[nH]c2ccc3c4ccccc4oc3c2c1-c1ccccc1. The number of esters is 1. The highest BCUT2D eigenvalue weighted by Crippen LogP contribution is 2.40. The summed E-state index contributed by atoms with van der Waals surface area (Å²) in [6.07, 6.45) is 0. The largest absolute Gasteiger partial charge is 0.464 e. The molecule has 5 rings (SSSR count). The van der Waals surface area contributed by atoms with Gasteiger partial charge in [-0.2, -0.15) is 0 Å². The summed E-state index contributed by atoms with van der Waals surface area (Å²) in [5.41, 5.74) is 4.62. The van der Waals surface area contributed by atoms with Crippen LogP contribution in [0.1, 0.15) is 10.5 Å². The van der Waals surface area contributed by atoms with Crippen molar-refractivity contribution in [3.8, 4) is 11.1 Å². The van der Waals surface area contributed by atoms with Gasteiger partial charge >= 0.3 is 5.97 Å². The molecule has 3 aromatic carbocycles. The maximum atomic E-state index is 12.4. The highest BCUT2D eigenvalue weighted by atomic mass is 16.5. The summed E-state index contributed by atoms with van der Waals surface area (Å²) >= 11 is 0. The molecule has 0 aliphatic carbocycles. The van der Waals surface area contributed by atoms with E-state index in [1.165, 1.54) is 7.11 Å². The molecule has 0 unspecified atom stereocenters. The van der Waals surface area contributed by atoms with Crippen LogP contribution < -0.4 is 0 Å². The minimum Gasteiger partial charge on any atom is -0.464 e. The van der Waals surface area contributed by atoms with E-state index in [1.54, 1.807) is 0 Å². The standard InChI is InChI=1S/C22H15NO3/c1-25-22(24)20-18(13-7-3-2-4-8-13)19-16(23-20)12-11-15-14-9-5-6-10-17(14)26-21(15)19/h2-12,23H,1H3. The molecule has 26 heavy (non-hydrogen) atoms. The minimum absolute atomic E-state index is 0.399. The number of hydrogen-bond donors (Lipinski definition) is 1. The summed E-state index contributed by atoms with van der Waals surface area (Å²) in [7, 11) is 1.39. The van der Waals surface area contributed by atoms with Crippen molar-refractivity contribution in [2.45, 2.75) is 0 Å². The van der Waals surface area contributed by atoms with E-state index in [4.69, 9.17) is 9.15 Å². The Bertz CT molecular complexity index is 1280. The molecular formula is C22H15NO3. The van der Waals surface area contributed by atoms with Crippen molar-refractivity contribution in [1.29, 1.82) is 0 Å². The summed E-state index contributed by atoms with van der Waals surface area (Å²) < 4.78 is 11.2. The lowest BCUT2D eigenvalue weighted by Crippen LogP contribution is -2.03. The van der Waals surface area contributed by atoms with Gasteiger partial charge in [-0.05, 0) is 23.8 Å². The third kappa shape index (κ3) is 1.99. The molecule has 5 aromatic rings. The van der Waals surface area contributed by atoms with Gasteiger partial charge < -0.3 is 14.1 Å². The molecule has 0 saturated heterocycles. The van der Waals surface area contributed by atoms with Crippen LogP contribution >= 0.6 is 0 Å². The number of hydrogen-bond acceptors (Lipinski definition) is 3. The second kappa shape index (κ2) is 5.49. The number of rotatable bonds is 2. The molecule has 1 N–H and O–H groups in total. The zero-order chi connectivity index (χ0) is 17.7. The van der Waals surface area contributed by atoms with Gasteiger partial charge in [0.05, 0.1) is 18.0 Å². The van der Waals surface area contributed by atoms with Crippen LogP contribution in [-0.4, -0.2) is 18.1 Å². The van der Waals surface area contributed by atoms with Gasteiger partial charge in [0.25, 0.3) is 0 Å². The lowest BCUT2D eigenvalue weighted by atomic mass is 10.00. The van der Waals surface area contributed by atoms with Crippen LogP contribution in [0.3, 0.4) is 0 Å². The number of ether oxygens (including phenoxy) is 1. The fourth-order valence-corrected chi connectivity index (χ4v) is 3.61. The van der Waals surface area contributed by atoms with Gasteiger partial charge in [0.15, 0.2) is 0 Å². The molecule has 2 heterocycles. The van der Waals surface area contributed by atoms with Crippen molar-refractivity contribution < 1.29 is 13.9 Å². The Labute approximate surface area is 149 Å². The molecule has 4 heteroatoms. The maximum Gasteiger partial charge on any atom is 0.355 e. The van der Waals surface area contributed by atoms with Crippen LogP contribution in [0, 0.1) is 0 Å². The van der Waals surface area contributed by atoms with Gasteiger partial charge in [0.2, 0.25) is 0 Å². The van der Waals surface area contributed by atoms with Crippen molar-refractivity contribution in [3.05, 3.63) is 72.4 Å². The van der Waals surface area contributed by atoms with Crippen molar-refractivity contribution in [3.63, 3.8) is 0 Å². The topological polar surface area (TPSA) is 55.2 Å². The molecule has 0 amide bonds. The van der Waals surface area contributed by atoms with E-state index in [2.05, 4.69) is 4.98 Å². The maximum absolute atomic E-state index is 12.4. The molecular weight excluding hydrogens is 326 g/mol. The minimum atomic E-state index is -0.399. The molecule has 0 bridgehead atoms. The molecule has 126 valence electrons. The summed E-state index contributed by atoms with van der Waals surface area (Å²) in [4.78, 5) is 15.6. The number of methoxy groups -OCH3 is 1. The quantitative estimate of drug-likeness (QED) is 0.430. The summed E-state index contributed by atoms with van der Waals surface area (Å²) in [6, 6.07) is 21.8. The smallest absolute Gasteiger partial charge is 0.355 e. The third-order valence-corrected chi connectivity index (χ3v) is 4.76. The average molecular weight is 341 g/mol. The fraction of sp³-hybridized carbons (Fsp3) is 0.0455. The number of H-pyrrole nitrogens is 1. The van der Waals surface area contributed by atoms with Gasteiger partial charge in [-0.3, -0.25) is 0 Å². The number of carbonyl (C=O) groups excluding carboxylic acids is 1. The zero-order valence-electron chi connectivity index (χ0n) is 14.1. The zero-order valence-corrected chi connectivity index (χ0v) is 14.1. The molecule has 0 atom stereocenters. The first-order valence-electron chi connectivity index (χ1n) is 8.37. The second-order valence-corrected chi connectivity index (χ2v) is 6.20. The number of para-hydroxylation sites is 1. The highest BCUT2D eigenvalue weighted by Gasteiger charge is 2.23. The number of carbonyl (C=O) groups is 1. The van der Waals surface area contributed by atoms with E-state index in [0.717, 1.165) is 44.0 Å². The van der Waals surface area contributed by atoms with E-state index in [0.29, 0.717) is 5.69 Å². The Morgan fingerprint density at radius 3 is 2.50 bits per heavy atom. The lowest BCUT2D eigenvalue weighted by molar-refractivity contribution is 0.0596. The highest BCUT2D eigenvalue weighted by molar-refractivity contribution is 6.21. The Kier molecular flexibility index (Phi) is 3.12. The molecule has 0 spiro atoms. The van der Waals surface area contributed by atoms with Crippen molar-refractivity contribution >= 4 is 38.8 Å². The summed E-state index contributed by atoms with van der Waals surface area (Å²) in [5.74, 6) is -0.399. The lowest BCUT2D eigenvalue weighted by Gasteiger charge is -2.04. The van der Waals surface area contributed by atoms with Gasteiger partial charge in [0.1, 0.15) is 16.9 Å². The molecule has 0 saturated carbocycles. The van der Waals surface area contributed by atoms with Crippen molar-refractivity contribution in [2.75, 3.05) is 7.11 Å². The van der Waals surface area contributed by atoms with Gasteiger partial charge in [0, 0.05) is 16.3 Å². The summed E-state index contributed by atoms with van der Waals surface area (Å²) in [5, 5.41) is 2.98. The molecule has 0 aliphatic rings. The number of aromatic nitrogens is 1. The molecule has 2 aromatic heterocycles. The Morgan fingerprint density at radius 2 is 1.69 bits per heavy atom. The van der Waals surface area contributed by atoms with Crippen molar-refractivity contribution in [2.24, 2.45) is 0 Å². The predicted molar refractivity (Wildman–Crippen MR) is 102 cm³/mol. The Hall–Kier alpha value is -3.53. The van der Waals surface area contributed by atoms with E-state index in [9.17, 15) is 4.79 Å². The fourth-order valence-electron chi connectivity index (χ4n) is 3.61. The number of nitrogens with one attached hydrogen (secondary N) is 1. The number of fused-ring (bicyclic) bond motifs is 5. The van der Waals surface area contributed by atoms with Gasteiger partial charge in [-0.25, -0.2) is 4.79 Å². The monoisotopic (exact) mass is 341 g/mol. The first-order chi connectivity index (χ1) is 12.8. The van der Waals surface area contributed by atoms with Gasteiger partial charge in [-0.1, -0.05) is 48.5 Å². The Balaban J connectivity index is 1.99. The molecule has 4 nitrogen and oxygen atoms in total. The van der Waals surface area contributed by atoms with E-state index < -0.39 is 5.97 Å². The first-order valence-corrected chi connectivity index (χ1v) is 8.37. The van der Waals surface area contributed by atoms with E-state index in [1.807, 2.05) is 66.7 Å². The van der Waals surface area contributed by atoms with E-state index >= 15 is 0 Å².